The van der Waals surface area contributed by atoms with Gasteiger partial charge in [0.1, 0.15) is 5.75 Å². The third kappa shape index (κ3) is 3.73. The van der Waals surface area contributed by atoms with Crippen molar-refractivity contribution in [1.29, 1.82) is 0 Å². The topological polar surface area (TPSA) is 64.3 Å². The van der Waals surface area contributed by atoms with Gasteiger partial charge in [0.2, 0.25) is 5.91 Å². The average molecular weight is 278 g/mol. The Kier molecular flexibility index (Phi) is 5.57. The van der Waals surface area contributed by atoms with Gasteiger partial charge in [0, 0.05) is 6.54 Å². The number of ether oxygens (including phenoxy) is 1. The highest BCUT2D eigenvalue weighted by atomic mass is 16.5. The molecule has 1 amide bonds. The Labute approximate surface area is 121 Å². The van der Waals surface area contributed by atoms with Gasteiger partial charge in [-0.2, -0.15) is 0 Å². The second kappa shape index (κ2) is 6.75. The standard InChI is InChI=1S/C16H26N2O2/c1-11(2)16(4,10-17)18-15(19)12(3)13-7-6-8-14(9-13)20-5/h6-9,11-12H,10,17H2,1-5H3,(H,18,19). The highest BCUT2D eigenvalue weighted by molar-refractivity contribution is 5.84. The second-order valence-electron chi connectivity index (χ2n) is 5.76. The largest absolute Gasteiger partial charge is 0.497 e. The van der Waals surface area contributed by atoms with Crippen LogP contribution in [0.4, 0.5) is 0 Å². The predicted molar refractivity (Wildman–Crippen MR) is 81.8 cm³/mol. The Hall–Kier alpha value is -1.55. The molecule has 0 saturated carbocycles. The molecule has 20 heavy (non-hydrogen) atoms. The van der Waals surface area contributed by atoms with Crippen molar-refractivity contribution < 1.29 is 9.53 Å². The summed E-state index contributed by atoms with van der Waals surface area (Å²) in [7, 11) is 1.62. The number of rotatable bonds is 6. The second-order valence-corrected chi connectivity index (χ2v) is 5.76. The summed E-state index contributed by atoms with van der Waals surface area (Å²) in [4.78, 5) is 12.4. The lowest BCUT2D eigenvalue weighted by molar-refractivity contribution is -0.124. The smallest absolute Gasteiger partial charge is 0.227 e. The normalized spacial score (nSPS) is 15.6. The van der Waals surface area contributed by atoms with Crippen molar-refractivity contribution in [2.75, 3.05) is 13.7 Å². The van der Waals surface area contributed by atoms with Crippen LogP contribution in [-0.2, 0) is 4.79 Å². The molecule has 0 fully saturated rings. The summed E-state index contributed by atoms with van der Waals surface area (Å²) in [5.74, 6) is 0.774. The lowest BCUT2D eigenvalue weighted by atomic mass is 9.87. The molecule has 0 aliphatic rings. The average Bonchev–Trinajstić information content (AvgIpc) is 2.45. The Morgan fingerprint density at radius 1 is 1.40 bits per heavy atom. The maximum atomic E-state index is 12.4. The van der Waals surface area contributed by atoms with Crippen LogP contribution in [0.15, 0.2) is 24.3 Å². The first-order valence-electron chi connectivity index (χ1n) is 7.00. The number of methoxy groups -OCH3 is 1. The Bertz CT molecular complexity index is 460. The molecule has 1 aromatic rings. The van der Waals surface area contributed by atoms with Crippen molar-refractivity contribution in [3.05, 3.63) is 29.8 Å². The van der Waals surface area contributed by atoms with Gasteiger partial charge < -0.3 is 15.8 Å². The maximum absolute atomic E-state index is 12.4. The molecule has 4 heteroatoms. The monoisotopic (exact) mass is 278 g/mol. The van der Waals surface area contributed by atoms with E-state index in [1.807, 2.05) is 38.1 Å². The molecule has 3 N–H and O–H groups in total. The van der Waals surface area contributed by atoms with E-state index in [1.165, 1.54) is 0 Å². The van der Waals surface area contributed by atoms with Gasteiger partial charge in [0.05, 0.1) is 18.6 Å². The van der Waals surface area contributed by atoms with Gasteiger partial charge in [-0.15, -0.1) is 0 Å². The molecule has 0 spiro atoms. The third-order valence-electron chi connectivity index (χ3n) is 4.09. The molecule has 0 aliphatic heterocycles. The molecular weight excluding hydrogens is 252 g/mol. The minimum absolute atomic E-state index is 0.0140. The molecule has 2 unspecified atom stereocenters. The molecule has 2 atom stereocenters. The van der Waals surface area contributed by atoms with E-state index in [0.29, 0.717) is 6.54 Å². The molecule has 1 aromatic carbocycles. The highest BCUT2D eigenvalue weighted by Crippen LogP contribution is 2.23. The van der Waals surface area contributed by atoms with E-state index in [4.69, 9.17) is 10.5 Å². The van der Waals surface area contributed by atoms with Gasteiger partial charge in [0.15, 0.2) is 0 Å². The third-order valence-corrected chi connectivity index (χ3v) is 4.09. The van der Waals surface area contributed by atoms with E-state index >= 15 is 0 Å². The van der Waals surface area contributed by atoms with Crippen LogP contribution in [0.5, 0.6) is 5.75 Å². The molecule has 112 valence electrons. The first-order valence-corrected chi connectivity index (χ1v) is 7.00. The fourth-order valence-corrected chi connectivity index (χ4v) is 1.88. The van der Waals surface area contributed by atoms with Crippen LogP contribution in [-0.4, -0.2) is 25.1 Å². The van der Waals surface area contributed by atoms with Crippen molar-refractivity contribution in [1.82, 2.24) is 5.32 Å². The number of carbonyl (C=O) groups excluding carboxylic acids is 1. The SMILES string of the molecule is COc1cccc(C(C)C(=O)NC(C)(CN)C(C)C)c1. The summed E-state index contributed by atoms with van der Waals surface area (Å²) in [6.45, 7) is 8.41. The van der Waals surface area contributed by atoms with Gasteiger partial charge in [-0.25, -0.2) is 0 Å². The van der Waals surface area contributed by atoms with Crippen molar-refractivity contribution in [2.45, 2.75) is 39.2 Å². The molecular formula is C16H26N2O2. The number of benzene rings is 1. The van der Waals surface area contributed by atoms with Crippen LogP contribution in [0.2, 0.25) is 0 Å². The molecule has 1 rings (SSSR count). The lowest BCUT2D eigenvalue weighted by Crippen LogP contribution is -2.55. The molecule has 4 nitrogen and oxygen atoms in total. The van der Waals surface area contributed by atoms with Crippen LogP contribution in [0.25, 0.3) is 0 Å². The maximum Gasteiger partial charge on any atom is 0.227 e. The van der Waals surface area contributed by atoms with Crippen molar-refractivity contribution >= 4 is 5.91 Å². The number of amides is 1. The van der Waals surface area contributed by atoms with Crippen molar-refractivity contribution in [3.63, 3.8) is 0 Å². The highest BCUT2D eigenvalue weighted by Gasteiger charge is 2.30. The summed E-state index contributed by atoms with van der Waals surface area (Å²) in [5, 5.41) is 3.07. The van der Waals surface area contributed by atoms with Gasteiger partial charge in [-0.1, -0.05) is 26.0 Å². The number of hydrogen-bond donors (Lipinski definition) is 2. The Morgan fingerprint density at radius 3 is 2.55 bits per heavy atom. The van der Waals surface area contributed by atoms with E-state index in [2.05, 4.69) is 19.2 Å². The number of nitrogens with one attached hydrogen (secondary N) is 1. The zero-order valence-electron chi connectivity index (χ0n) is 13.1. The molecule has 0 bridgehead atoms. The number of hydrogen-bond acceptors (Lipinski definition) is 3. The number of nitrogens with two attached hydrogens (primary N) is 1. The van der Waals surface area contributed by atoms with Crippen molar-refractivity contribution in [2.24, 2.45) is 11.7 Å². The summed E-state index contributed by atoms with van der Waals surface area (Å²) >= 11 is 0. The summed E-state index contributed by atoms with van der Waals surface area (Å²) in [6, 6.07) is 7.58. The fraction of sp³-hybridized carbons (Fsp3) is 0.562. The van der Waals surface area contributed by atoms with Gasteiger partial charge in [0.25, 0.3) is 0 Å². The van der Waals surface area contributed by atoms with Gasteiger partial charge >= 0.3 is 0 Å². The van der Waals surface area contributed by atoms with Crippen LogP contribution >= 0.6 is 0 Å². The van der Waals surface area contributed by atoms with E-state index in [-0.39, 0.29) is 23.3 Å². The number of carbonyl (C=O) groups is 1. The molecule has 0 heterocycles. The van der Waals surface area contributed by atoms with Gasteiger partial charge in [-0.3, -0.25) is 4.79 Å². The molecule has 0 aliphatic carbocycles. The van der Waals surface area contributed by atoms with Crippen molar-refractivity contribution in [3.8, 4) is 5.75 Å². The van der Waals surface area contributed by atoms with Crippen LogP contribution in [0, 0.1) is 5.92 Å². The minimum atomic E-state index is -0.385. The lowest BCUT2D eigenvalue weighted by Gasteiger charge is -2.34. The summed E-state index contributed by atoms with van der Waals surface area (Å²) in [6.07, 6.45) is 0. The molecule has 0 radical (unpaired) electrons. The van der Waals surface area contributed by atoms with E-state index < -0.39 is 0 Å². The zero-order chi connectivity index (χ0) is 15.3. The predicted octanol–water partition coefficient (Wildman–Crippen LogP) is 2.29. The van der Waals surface area contributed by atoms with Crippen LogP contribution in [0.1, 0.15) is 39.2 Å². The van der Waals surface area contributed by atoms with E-state index in [0.717, 1.165) is 11.3 Å². The molecule has 0 saturated heterocycles. The van der Waals surface area contributed by atoms with Gasteiger partial charge in [-0.05, 0) is 37.5 Å². The van der Waals surface area contributed by atoms with Crippen LogP contribution < -0.4 is 15.8 Å². The Balaban J connectivity index is 2.86. The van der Waals surface area contributed by atoms with E-state index in [1.54, 1.807) is 7.11 Å². The quantitative estimate of drug-likeness (QED) is 0.839. The summed E-state index contributed by atoms with van der Waals surface area (Å²) < 4.78 is 5.19. The summed E-state index contributed by atoms with van der Waals surface area (Å²) in [5.41, 5.74) is 6.36. The first kappa shape index (κ1) is 16.5. The minimum Gasteiger partial charge on any atom is -0.497 e. The Morgan fingerprint density at radius 2 is 2.05 bits per heavy atom. The van der Waals surface area contributed by atoms with Crippen LogP contribution in [0.3, 0.4) is 0 Å². The molecule has 0 aromatic heterocycles. The fourth-order valence-electron chi connectivity index (χ4n) is 1.88. The van der Waals surface area contributed by atoms with E-state index in [9.17, 15) is 4.79 Å². The zero-order valence-corrected chi connectivity index (χ0v) is 13.1. The first-order chi connectivity index (χ1) is 9.34.